The molecular weight excluding hydrogens is 366 g/mol. The molecule has 0 spiro atoms. The molecule has 0 bridgehead atoms. The van der Waals surface area contributed by atoms with Crippen molar-refractivity contribution in [3.8, 4) is 0 Å². The number of esters is 1. The number of carbonyl (C=O) groups is 3. The van der Waals surface area contributed by atoms with Crippen LogP contribution in [0.1, 0.15) is 44.0 Å². The van der Waals surface area contributed by atoms with E-state index in [9.17, 15) is 24.5 Å². The van der Waals surface area contributed by atoms with Crippen molar-refractivity contribution < 1.29 is 24.0 Å². The molecule has 1 aromatic rings. The van der Waals surface area contributed by atoms with Crippen LogP contribution in [0.3, 0.4) is 0 Å². The van der Waals surface area contributed by atoms with Crippen LogP contribution in [0.25, 0.3) is 0 Å². The summed E-state index contributed by atoms with van der Waals surface area (Å²) in [6.45, 7) is 6.35. The van der Waals surface area contributed by atoms with Gasteiger partial charge in [-0.15, -0.1) is 0 Å². The number of amides is 2. The quantitative estimate of drug-likeness (QED) is 0.449. The second-order valence-electron chi connectivity index (χ2n) is 7.09. The Kier molecular flexibility index (Phi) is 7.08. The van der Waals surface area contributed by atoms with E-state index in [1.807, 2.05) is 0 Å². The Hall–Kier alpha value is -2.97. The first-order chi connectivity index (χ1) is 13.2. The fourth-order valence-electron chi connectivity index (χ4n) is 2.91. The molecule has 9 nitrogen and oxygen atoms in total. The van der Waals surface area contributed by atoms with Crippen molar-refractivity contribution in [1.82, 2.24) is 10.2 Å². The van der Waals surface area contributed by atoms with Crippen LogP contribution in [-0.4, -0.2) is 52.8 Å². The lowest BCUT2D eigenvalue weighted by Crippen LogP contribution is -2.46. The monoisotopic (exact) mass is 391 g/mol. The molecule has 2 unspecified atom stereocenters. The maximum atomic E-state index is 12.4. The fourth-order valence-corrected chi connectivity index (χ4v) is 2.91. The average molecular weight is 391 g/mol. The van der Waals surface area contributed by atoms with Gasteiger partial charge in [-0.1, -0.05) is 13.0 Å². The van der Waals surface area contributed by atoms with Gasteiger partial charge in [-0.25, -0.2) is 4.79 Å². The highest BCUT2D eigenvalue weighted by molar-refractivity contribution is 5.97. The van der Waals surface area contributed by atoms with Crippen LogP contribution in [0.2, 0.25) is 0 Å². The molecule has 0 aromatic heterocycles. The molecule has 2 rings (SSSR count). The Morgan fingerprint density at radius 3 is 2.50 bits per heavy atom. The standard InChI is InChI=1S/C19H25N3O6/c1-12-7-9-21(10-8-12)18(24)14(3)28-19(25)13(2)20-17(23)15-5-4-6-16(11-15)22(26)27/h4-6,11-14H,7-10H2,1-3H3,(H,20,23). The summed E-state index contributed by atoms with van der Waals surface area (Å²) in [4.78, 5) is 48.7. The average Bonchev–Trinajstić information content (AvgIpc) is 2.67. The predicted molar refractivity (Wildman–Crippen MR) is 101 cm³/mol. The summed E-state index contributed by atoms with van der Waals surface area (Å²) in [5.41, 5.74) is -0.168. The lowest BCUT2D eigenvalue weighted by atomic mass is 9.99. The summed E-state index contributed by atoms with van der Waals surface area (Å²) >= 11 is 0. The largest absolute Gasteiger partial charge is 0.451 e. The molecule has 0 saturated carbocycles. The van der Waals surface area contributed by atoms with Gasteiger partial charge in [0.25, 0.3) is 17.5 Å². The van der Waals surface area contributed by atoms with Gasteiger partial charge in [0.1, 0.15) is 6.04 Å². The second-order valence-corrected chi connectivity index (χ2v) is 7.09. The molecule has 0 aliphatic carbocycles. The summed E-state index contributed by atoms with van der Waals surface area (Å²) in [7, 11) is 0. The van der Waals surface area contributed by atoms with E-state index < -0.39 is 28.9 Å². The lowest BCUT2D eigenvalue weighted by Gasteiger charge is -2.32. The number of benzene rings is 1. The van der Waals surface area contributed by atoms with E-state index in [2.05, 4.69) is 12.2 Å². The number of non-ortho nitro benzene ring substituents is 1. The first kappa shape index (κ1) is 21.3. The summed E-state index contributed by atoms with van der Waals surface area (Å²) in [6.07, 6.45) is 0.891. The van der Waals surface area contributed by atoms with E-state index in [0.717, 1.165) is 18.9 Å². The van der Waals surface area contributed by atoms with Gasteiger partial charge in [0.2, 0.25) is 0 Å². The number of nitro groups is 1. The van der Waals surface area contributed by atoms with Crippen molar-refractivity contribution in [2.45, 2.75) is 45.8 Å². The number of hydrogen-bond donors (Lipinski definition) is 1. The summed E-state index contributed by atoms with van der Waals surface area (Å²) < 4.78 is 5.20. The first-order valence-corrected chi connectivity index (χ1v) is 9.23. The molecule has 152 valence electrons. The van der Waals surface area contributed by atoms with E-state index >= 15 is 0 Å². The minimum absolute atomic E-state index is 0.0559. The van der Waals surface area contributed by atoms with Crippen molar-refractivity contribution >= 4 is 23.5 Å². The Balaban J connectivity index is 1.89. The molecule has 1 heterocycles. The van der Waals surface area contributed by atoms with Crippen LogP contribution in [0, 0.1) is 16.0 Å². The molecule has 2 atom stereocenters. The number of piperidine rings is 1. The molecule has 1 aromatic carbocycles. The molecule has 0 radical (unpaired) electrons. The van der Waals surface area contributed by atoms with Crippen molar-refractivity contribution in [3.63, 3.8) is 0 Å². The predicted octanol–water partition coefficient (Wildman–Crippen LogP) is 1.90. The molecule has 1 fully saturated rings. The third-order valence-electron chi connectivity index (χ3n) is 4.76. The topological polar surface area (TPSA) is 119 Å². The van der Waals surface area contributed by atoms with E-state index in [1.165, 1.54) is 32.0 Å². The Morgan fingerprint density at radius 2 is 1.89 bits per heavy atom. The molecule has 1 aliphatic heterocycles. The van der Waals surface area contributed by atoms with E-state index in [0.29, 0.717) is 19.0 Å². The van der Waals surface area contributed by atoms with Crippen molar-refractivity contribution in [1.29, 1.82) is 0 Å². The molecule has 2 amide bonds. The second kappa shape index (κ2) is 9.29. The molecule has 1 saturated heterocycles. The van der Waals surface area contributed by atoms with Crippen molar-refractivity contribution in [2.75, 3.05) is 13.1 Å². The number of nitro benzene ring substituents is 1. The van der Waals surface area contributed by atoms with E-state index in [-0.39, 0.29) is 17.2 Å². The number of likely N-dealkylation sites (tertiary alicyclic amines) is 1. The van der Waals surface area contributed by atoms with E-state index in [4.69, 9.17) is 4.74 Å². The van der Waals surface area contributed by atoms with Gasteiger partial charge in [0.15, 0.2) is 6.10 Å². The number of nitrogens with zero attached hydrogens (tertiary/aromatic N) is 2. The number of rotatable bonds is 6. The number of nitrogens with one attached hydrogen (secondary N) is 1. The summed E-state index contributed by atoms with van der Waals surface area (Å²) in [6, 6.07) is 4.17. The molecule has 9 heteroatoms. The fraction of sp³-hybridized carbons (Fsp3) is 0.526. The van der Waals surface area contributed by atoms with Crippen LogP contribution < -0.4 is 5.32 Å². The molecule has 28 heavy (non-hydrogen) atoms. The molecular formula is C19H25N3O6. The third kappa shape index (κ3) is 5.51. The van der Waals surface area contributed by atoms with Crippen molar-refractivity contribution in [2.24, 2.45) is 5.92 Å². The zero-order chi connectivity index (χ0) is 20.8. The molecule has 1 N–H and O–H groups in total. The number of carbonyl (C=O) groups excluding carboxylic acids is 3. The van der Waals surface area contributed by atoms with Crippen LogP contribution in [-0.2, 0) is 14.3 Å². The normalized spacial score (nSPS) is 16.8. The SMILES string of the molecule is CC1CCN(C(=O)C(C)OC(=O)C(C)NC(=O)c2cccc([N+](=O)[O-])c2)CC1. The highest BCUT2D eigenvalue weighted by atomic mass is 16.6. The Labute approximate surface area is 163 Å². The summed E-state index contributed by atoms with van der Waals surface area (Å²) in [5, 5.41) is 13.2. The van der Waals surface area contributed by atoms with Gasteiger partial charge >= 0.3 is 5.97 Å². The third-order valence-corrected chi connectivity index (χ3v) is 4.76. The van der Waals surface area contributed by atoms with Crippen LogP contribution >= 0.6 is 0 Å². The zero-order valence-electron chi connectivity index (χ0n) is 16.2. The van der Waals surface area contributed by atoms with Gasteiger partial charge < -0.3 is 15.0 Å². The van der Waals surface area contributed by atoms with Crippen LogP contribution in [0.5, 0.6) is 0 Å². The number of hydrogen-bond acceptors (Lipinski definition) is 6. The van der Waals surface area contributed by atoms with Crippen LogP contribution in [0.15, 0.2) is 24.3 Å². The first-order valence-electron chi connectivity index (χ1n) is 9.23. The minimum atomic E-state index is -1.01. The highest BCUT2D eigenvalue weighted by Crippen LogP contribution is 2.17. The maximum absolute atomic E-state index is 12.4. The highest BCUT2D eigenvalue weighted by Gasteiger charge is 2.28. The van der Waals surface area contributed by atoms with Gasteiger partial charge in [0.05, 0.1) is 4.92 Å². The Bertz CT molecular complexity index is 758. The van der Waals surface area contributed by atoms with Gasteiger partial charge in [0, 0.05) is 30.8 Å². The minimum Gasteiger partial charge on any atom is -0.451 e. The van der Waals surface area contributed by atoms with Gasteiger partial charge in [-0.2, -0.15) is 0 Å². The van der Waals surface area contributed by atoms with E-state index in [1.54, 1.807) is 4.90 Å². The van der Waals surface area contributed by atoms with Gasteiger partial charge in [-0.3, -0.25) is 19.7 Å². The van der Waals surface area contributed by atoms with Crippen molar-refractivity contribution in [3.05, 3.63) is 39.9 Å². The Morgan fingerprint density at radius 1 is 1.25 bits per heavy atom. The lowest BCUT2D eigenvalue weighted by molar-refractivity contribution is -0.384. The maximum Gasteiger partial charge on any atom is 0.329 e. The molecule has 1 aliphatic rings. The summed E-state index contributed by atoms with van der Waals surface area (Å²) in [5.74, 6) is -1.06. The smallest absolute Gasteiger partial charge is 0.329 e. The van der Waals surface area contributed by atoms with Crippen LogP contribution in [0.4, 0.5) is 5.69 Å². The van der Waals surface area contributed by atoms with Gasteiger partial charge in [-0.05, 0) is 38.7 Å². The zero-order valence-corrected chi connectivity index (χ0v) is 16.2. The number of ether oxygens (including phenoxy) is 1.